The molecule has 0 radical (unpaired) electrons. The van der Waals surface area contributed by atoms with E-state index in [1.807, 2.05) is 49.4 Å². The summed E-state index contributed by atoms with van der Waals surface area (Å²) in [6.07, 6.45) is 1.47. The van der Waals surface area contributed by atoms with Crippen LogP contribution in [0.2, 0.25) is 0 Å². The summed E-state index contributed by atoms with van der Waals surface area (Å²) in [7, 11) is 0. The van der Waals surface area contributed by atoms with Crippen LogP contribution in [0.25, 0.3) is 21.1 Å². The molecule has 7 nitrogen and oxygen atoms in total. The number of nitrogens with two attached hydrogens (primary N) is 1. The molecule has 0 aliphatic carbocycles. The van der Waals surface area contributed by atoms with Crippen molar-refractivity contribution in [3.63, 3.8) is 0 Å². The lowest BCUT2D eigenvalue weighted by atomic mass is 10.1. The van der Waals surface area contributed by atoms with E-state index >= 15 is 0 Å². The highest BCUT2D eigenvalue weighted by Gasteiger charge is 2.13. The molecule has 0 aliphatic rings. The van der Waals surface area contributed by atoms with E-state index in [0.717, 1.165) is 37.6 Å². The van der Waals surface area contributed by atoms with Gasteiger partial charge in [0.1, 0.15) is 12.0 Å². The number of anilines is 5. The molecular weight excluding hydrogens is 394 g/mol. The molecule has 8 heteroatoms. The molecule has 0 unspecified atom stereocenters. The Balaban J connectivity index is 1.48. The fraction of sp³-hybridized carbons (Fsp3) is 0.0909. The first-order valence-corrected chi connectivity index (χ1v) is 10.3. The molecule has 3 aromatic heterocycles. The normalized spacial score (nSPS) is 11.1. The van der Waals surface area contributed by atoms with Gasteiger partial charge in [0.25, 0.3) is 0 Å². The standard InChI is InChI=1S/C22H19N7S/c1-12-6-9-15-17(10-12)30-22(28-15)29-21-18(23)20(24-11-25-21)27-16-5-3-4-14-8-7-13(2)26-19(14)16/h3-11H,23H2,1-2H3,(H2,24,25,27,28,29). The molecule has 0 fully saturated rings. The van der Waals surface area contributed by atoms with Crippen LogP contribution in [0.1, 0.15) is 11.3 Å². The Morgan fingerprint density at radius 1 is 0.900 bits per heavy atom. The zero-order valence-corrected chi connectivity index (χ0v) is 17.3. The number of aryl methyl sites for hydroxylation is 2. The molecule has 0 bridgehead atoms. The van der Waals surface area contributed by atoms with E-state index in [-0.39, 0.29) is 0 Å². The lowest BCUT2D eigenvalue weighted by Gasteiger charge is -2.13. The molecule has 2 aromatic carbocycles. The minimum Gasteiger partial charge on any atom is -0.393 e. The van der Waals surface area contributed by atoms with Crippen molar-refractivity contribution in [2.45, 2.75) is 13.8 Å². The van der Waals surface area contributed by atoms with Gasteiger partial charge in [0.2, 0.25) is 0 Å². The van der Waals surface area contributed by atoms with Crippen LogP contribution < -0.4 is 16.4 Å². The largest absolute Gasteiger partial charge is 0.393 e. The zero-order valence-electron chi connectivity index (χ0n) is 16.5. The number of fused-ring (bicyclic) bond motifs is 2. The van der Waals surface area contributed by atoms with Crippen molar-refractivity contribution >= 4 is 60.6 Å². The molecule has 0 saturated carbocycles. The number of thiazole rings is 1. The summed E-state index contributed by atoms with van der Waals surface area (Å²) in [6.45, 7) is 4.03. The highest BCUT2D eigenvalue weighted by molar-refractivity contribution is 7.22. The Labute approximate surface area is 177 Å². The third kappa shape index (κ3) is 3.37. The number of nitrogen functional groups attached to an aromatic ring is 1. The van der Waals surface area contributed by atoms with E-state index < -0.39 is 0 Å². The smallest absolute Gasteiger partial charge is 0.189 e. The van der Waals surface area contributed by atoms with Gasteiger partial charge in [-0.25, -0.2) is 15.0 Å². The minimum absolute atomic E-state index is 0.414. The van der Waals surface area contributed by atoms with E-state index in [4.69, 9.17) is 5.73 Å². The van der Waals surface area contributed by atoms with E-state index in [1.165, 1.54) is 11.9 Å². The SMILES string of the molecule is Cc1ccc2nc(Nc3ncnc(Nc4cccc5ccc(C)nc45)c3N)sc2c1. The monoisotopic (exact) mass is 413 g/mol. The zero-order chi connectivity index (χ0) is 20.7. The van der Waals surface area contributed by atoms with Gasteiger partial charge in [-0.05, 0) is 43.7 Å². The topological polar surface area (TPSA) is 102 Å². The maximum Gasteiger partial charge on any atom is 0.189 e. The maximum atomic E-state index is 6.38. The van der Waals surface area contributed by atoms with Gasteiger partial charge in [0, 0.05) is 11.1 Å². The highest BCUT2D eigenvalue weighted by Crippen LogP contribution is 2.33. The third-order valence-corrected chi connectivity index (χ3v) is 5.70. The fourth-order valence-electron chi connectivity index (χ4n) is 3.25. The second-order valence-corrected chi connectivity index (χ2v) is 8.09. The summed E-state index contributed by atoms with van der Waals surface area (Å²) < 4.78 is 1.11. The van der Waals surface area contributed by atoms with Gasteiger partial charge in [0.15, 0.2) is 16.8 Å². The van der Waals surface area contributed by atoms with Crippen LogP contribution in [0.4, 0.5) is 28.1 Å². The molecule has 4 N–H and O–H groups in total. The van der Waals surface area contributed by atoms with E-state index in [1.54, 1.807) is 11.3 Å². The van der Waals surface area contributed by atoms with E-state index in [2.05, 4.69) is 43.6 Å². The van der Waals surface area contributed by atoms with Crippen molar-refractivity contribution < 1.29 is 0 Å². The molecular formula is C22H19N7S. The lowest BCUT2D eigenvalue weighted by Crippen LogP contribution is -2.05. The summed E-state index contributed by atoms with van der Waals surface area (Å²) in [5, 5.41) is 8.31. The molecule has 5 aromatic rings. The van der Waals surface area contributed by atoms with Crippen molar-refractivity contribution in [2.75, 3.05) is 16.4 Å². The third-order valence-electron chi connectivity index (χ3n) is 4.77. The number of nitrogens with zero attached hydrogens (tertiary/aromatic N) is 4. The predicted molar refractivity (Wildman–Crippen MR) is 124 cm³/mol. The number of aromatic nitrogens is 4. The Morgan fingerprint density at radius 2 is 1.73 bits per heavy atom. The summed E-state index contributed by atoms with van der Waals surface area (Å²) in [5.41, 5.74) is 11.6. The number of hydrogen-bond donors (Lipinski definition) is 3. The molecule has 3 heterocycles. The molecule has 0 saturated heterocycles. The predicted octanol–water partition coefficient (Wildman–Crippen LogP) is 5.32. The Kier molecular flexibility index (Phi) is 4.40. The molecule has 0 aliphatic heterocycles. The highest BCUT2D eigenvalue weighted by atomic mass is 32.1. The average molecular weight is 414 g/mol. The Bertz CT molecular complexity index is 1390. The van der Waals surface area contributed by atoms with Crippen molar-refractivity contribution in [2.24, 2.45) is 0 Å². The van der Waals surface area contributed by atoms with Gasteiger partial charge in [-0.2, -0.15) is 0 Å². The minimum atomic E-state index is 0.414. The molecule has 0 atom stereocenters. The van der Waals surface area contributed by atoms with Gasteiger partial charge >= 0.3 is 0 Å². The summed E-state index contributed by atoms with van der Waals surface area (Å²) in [5.74, 6) is 1.02. The Hall–Kier alpha value is -3.78. The van der Waals surface area contributed by atoms with Gasteiger partial charge in [-0.1, -0.05) is 35.6 Å². The molecule has 148 valence electrons. The second-order valence-electron chi connectivity index (χ2n) is 7.05. The van der Waals surface area contributed by atoms with Crippen LogP contribution >= 0.6 is 11.3 Å². The first kappa shape index (κ1) is 18.3. The molecule has 0 amide bonds. The maximum absolute atomic E-state index is 6.38. The van der Waals surface area contributed by atoms with Gasteiger partial charge in [-0.3, -0.25) is 4.98 Å². The molecule has 5 rings (SSSR count). The quantitative estimate of drug-likeness (QED) is 0.366. The molecule has 0 spiro atoms. The number of rotatable bonds is 4. The van der Waals surface area contributed by atoms with Crippen LogP contribution in [-0.2, 0) is 0 Å². The van der Waals surface area contributed by atoms with Crippen LogP contribution in [0, 0.1) is 13.8 Å². The second kappa shape index (κ2) is 7.23. The first-order valence-electron chi connectivity index (χ1n) is 9.45. The van der Waals surface area contributed by atoms with Crippen molar-refractivity contribution in [3.05, 3.63) is 66.1 Å². The van der Waals surface area contributed by atoms with Crippen molar-refractivity contribution in [1.29, 1.82) is 0 Å². The van der Waals surface area contributed by atoms with Crippen LogP contribution in [-0.4, -0.2) is 19.9 Å². The molecule has 30 heavy (non-hydrogen) atoms. The number of para-hydroxylation sites is 1. The first-order chi connectivity index (χ1) is 14.6. The van der Waals surface area contributed by atoms with Crippen molar-refractivity contribution in [3.8, 4) is 0 Å². The number of benzene rings is 2. The number of nitrogens with one attached hydrogen (secondary N) is 2. The van der Waals surface area contributed by atoms with Gasteiger partial charge in [0.05, 0.1) is 21.4 Å². The number of hydrogen-bond acceptors (Lipinski definition) is 8. The average Bonchev–Trinajstić information content (AvgIpc) is 3.13. The van der Waals surface area contributed by atoms with E-state index in [0.29, 0.717) is 17.3 Å². The van der Waals surface area contributed by atoms with Crippen molar-refractivity contribution in [1.82, 2.24) is 19.9 Å². The summed E-state index contributed by atoms with van der Waals surface area (Å²) in [6, 6.07) is 16.2. The van der Waals surface area contributed by atoms with Crippen LogP contribution in [0.15, 0.2) is 54.9 Å². The number of pyridine rings is 1. The lowest BCUT2D eigenvalue weighted by molar-refractivity contribution is 1.17. The van der Waals surface area contributed by atoms with Gasteiger partial charge < -0.3 is 16.4 Å². The van der Waals surface area contributed by atoms with E-state index in [9.17, 15) is 0 Å². The summed E-state index contributed by atoms with van der Waals surface area (Å²) >= 11 is 1.56. The fourth-order valence-corrected chi connectivity index (χ4v) is 4.22. The van der Waals surface area contributed by atoms with Crippen LogP contribution in [0.5, 0.6) is 0 Å². The Morgan fingerprint density at radius 3 is 2.60 bits per heavy atom. The summed E-state index contributed by atoms with van der Waals surface area (Å²) in [4.78, 5) is 17.9. The van der Waals surface area contributed by atoms with Gasteiger partial charge in [-0.15, -0.1) is 0 Å². The van der Waals surface area contributed by atoms with Crippen LogP contribution in [0.3, 0.4) is 0 Å².